The van der Waals surface area contributed by atoms with Gasteiger partial charge in [0.15, 0.2) is 0 Å². The summed E-state index contributed by atoms with van der Waals surface area (Å²) in [5.41, 5.74) is 2.00. The zero-order valence-electron chi connectivity index (χ0n) is 17.6. The number of thioether (sulfide) groups is 1. The van der Waals surface area contributed by atoms with Crippen LogP contribution in [0.3, 0.4) is 0 Å². The van der Waals surface area contributed by atoms with Gasteiger partial charge in [0.05, 0.1) is 18.8 Å². The van der Waals surface area contributed by atoms with Gasteiger partial charge in [0, 0.05) is 49.1 Å². The fraction of sp³-hybridized carbons (Fsp3) is 0.458. The molecule has 1 amide bonds. The van der Waals surface area contributed by atoms with Gasteiger partial charge < -0.3 is 19.3 Å². The number of nitrogens with zero attached hydrogens (tertiary/aromatic N) is 2. The largest absolute Gasteiger partial charge is 0.497 e. The summed E-state index contributed by atoms with van der Waals surface area (Å²) in [6.07, 6.45) is 3.54. The second-order valence-corrected chi connectivity index (χ2v) is 8.83. The molecule has 2 saturated heterocycles. The van der Waals surface area contributed by atoms with E-state index >= 15 is 0 Å². The van der Waals surface area contributed by atoms with Crippen LogP contribution < -0.4 is 9.64 Å². The number of anilines is 1. The molecule has 4 rings (SSSR count). The first-order chi connectivity index (χ1) is 14.7. The van der Waals surface area contributed by atoms with Crippen molar-refractivity contribution in [3.05, 3.63) is 54.1 Å². The van der Waals surface area contributed by atoms with E-state index in [1.165, 1.54) is 5.69 Å². The van der Waals surface area contributed by atoms with Crippen LogP contribution in [0, 0.1) is 0 Å². The maximum absolute atomic E-state index is 13.3. The lowest BCUT2D eigenvalue weighted by Crippen LogP contribution is -2.35. The van der Waals surface area contributed by atoms with Crippen LogP contribution in [0.15, 0.2) is 53.4 Å². The first-order valence-electron chi connectivity index (χ1n) is 10.8. The third kappa shape index (κ3) is 5.10. The van der Waals surface area contributed by atoms with Gasteiger partial charge in [0.25, 0.3) is 5.91 Å². The molecule has 2 heterocycles. The first-order valence-corrected chi connectivity index (χ1v) is 11.7. The SMILES string of the molecule is COc1ccc(N2CCCN(C(=O)c3ccccc3SCC3CCCO3)CC2)cc1. The summed E-state index contributed by atoms with van der Waals surface area (Å²) in [5, 5.41) is 0. The van der Waals surface area contributed by atoms with E-state index in [4.69, 9.17) is 9.47 Å². The molecule has 2 aliphatic rings. The van der Waals surface area contributed by atoms with E-state index in [0.29, 0.717) is 6.10 Å². The highest BCUT2D eigenvalue weighted by Gasteiger charge is 2.23. The second kappa shape index (κ2) is 10.2. The molecule has 2 fully saturated rings. The molecule has 160 valence electrons. The molecular formula is C24H30N2O3S. The molecular weight excluding hydrogens is 396 g/mol. The maximum Gasteiger partial charge on any atom is 0.255 e. The Labute approximate surface area is 183 Å². The molecule has 0 spiro atoms. The van der Waals surface area contributed by atoms with Crippen LogP contribution in [0.5, 0.6) is 5.75 Å². The fourth-order valence-corrected chi connectivity index (χ4v) is 5.18. The third-order valence-electron chi connectivity index (χ3n) is 5.79. The van der Waals surface area contributed by atoms with Crippen LogP contribution >= 0.6 is 11.8 Å². The van der Waals surface area contributed by atoms with Crippen molar-refractivity contribution in [1.29, 1.82) is 0 Å². The zero-order valence-corrected chi connectivity index (χ0v) is 18.4. The van der Waals surface area contributed by atoms with Gasteiger partial charge in [-0.3, -0.25) is 4.79 Å². The highest BCUT2D eigenvalue weighted by Crippen LogP contribution is 2.28. The van der Waals surface area contributed by atoms with Gasteiger partial charge in [-0.25, -0.2) is 0 Å². The van der Waals surface area contributed by atoms with Crippen LogP contribution in [0.2, 0.25) is 0 Å². The van der Waals surface area contributed by atoms with Crippen LogP contribution in [0.25, 0.3) is 0 Å². The molecule has 5 nitrogen and oxygen atoms in total. The molecule has 0 saturated carbocycles. The minimum atomic E-state index is 0.141. The van der Waals surface area contributed by atoms with Crippen molar-refractivity contribution >= 4 is 23.4 Å². The number of carbonyl (C=O) groups excluding carboxylic acids is 1. The van der Waals surface area contributed by atoms with E-state index in [1.807, 2.05) is 35.2 Å². The van der Waals surface area contributed by atoms with Gasteiger partial charge in [-0.05, 0) is 55.7 Å². The first kappa shape index (κ1) is 21.1. The molecule has 2 aromatic rings. The summed E-state index contributed by atoms with van der Waals surface area (Å²) in [4.78, 5) is 18.8. The quantitative estimate of drug-likeness (QED) is 0.644. The van der Waals surface area contributed by atoms with Gasteiger partial charge in [-0.1, -0.05) is 12.1 Å². The smallest absolute Gasteiger partial charge is 0.255 e. The number of hydrogen-bond acceptors (Lipinski definition) is 5. The van der Waals surface area contributed by atoms with Crippen molar-refractivity contribution in [3.8, 4) is 5.75 Å². The van der Waals surface area contributed by atoms with Crippen molar-refractivity contribution < 1.29 is 14.3 Å². The summed E-state index contributed by atoms with van der Waals surface area (Å²) in [6, 6.07) is 16.2. The molecule has 0 radical (unpaired) electrons. The van der Waals surface area contributed by atoms with E-state index in [9.17, 15) is 4.79 Å². The highest BCUT2D eigenvalue weighted by molar-refractivity contribution is 7.99. The zero-order chi connectivity index (χ0) is 20.8. The summed E-state index contributed by atoms with van der Waals surface area (Å²) < 4.78 is 11.0. The van der Waals surface area contributed by atoms with Crippen molar-refractivity contribution in [2.24, 2.45) is 0 Å². The Morgan fingerprint density at radius 2 is 1.90 bits per heavy atom. The van der Waals surface area contributed by atoms with Gasteiger partial charge >= 0.3 is 0 Å². The van der Waals surface area contributed by atoms with Crippen LogP contribution in [-0.2, 0) is 4.74 Å². The standard InChI is InChI=1S/C24H30N2O3S/c1-28-20-11-9-19(10-12-20)25-13-5-14-26(16-15-25)24(27)22-7-2-3-8-23(22)30-18-21-6-4-17-29-21/h2-3,7-12,21H,4-6,13-18H2,1H3. The lowest BCUT2D eigenvalue weighted by Gasteiger charge is -2.24. The topological polar surface area (TPSA) is 42.0 Å². The summed E-state index contributed by atoms with van der Waals surface area (Å²) in [7, 11) is 1.68. The molecule has 0 aliphatic carbocycles. The Morgan fingerprint density at radius 1 is 1.07 bits per heavy atom. The number of benzene rings is 2. The van der Waals surface area contributed by atoms with E-state index < -0.39 is 0 Å². The monoisotopic (exact) mass is 426 g/mol. The van der Waals surface area contributed by atoms with Gasteiger partial charge in [0.2, 0.25) is 0 Å². The lowest BCUT2D eigenvalue weighted by atomic mass is 10.2. The Balaban J connectivity index is 1.40. The normalized spacial score (nSPS) is 19.6. The van der Waals surface area contributed by atoms with E-state index in [1.54, 1.807) is 18.9 Å². The van der Waals surface area contributed by atoms with Crippen LogP contribution in [-0.4, -0.2) is 62.6 Å². The minimum absolute atomic E-state index is 0.141. The molecule has 1 unspecified atom stereocenters. The summed E-state index contributed by atoms with van der Waals surface area (Å²) in [6.45, 7) is 4.17. The minimum Gasteiger partial charge on any atom is -0.497 e. The van der Waals surface area contributed by atoms with Crippen LogP contribution in [0.1, 0.15) is 29.6 Å². The summed E-state index contributed by atoms with van der Waals surface area (Å²) in [5.74, 6) is 1.92. The second-order valence-electron chi connectivity index (χ2n) is 7.77. The lowest BCUT2D eigenvalue weighted by molar-refractivity contribution is 0.0763. The van der Waals surface area contributed by atoms with Gasteiger partial charge in [-0.15, -0.1) is 11.8 Å². The number of hydrogen-bond donors (Lipinski definition) is 0. The Hall–Kier alpha value is -2.18. The predicted molar refractivity (Wildman–Crippen MR) is 122 cm³/mol. The summed E-state index contributed by atoms with van der Waals surface area (Å²) >= 11 is 1.75. The van der Waals surface area contributed by atoms with Gasteiger partial charge in [-0.2, -0.15) is 0 Å². The number of methoxy groups -OCH3 is 1. The molecule has 0 N–H and O–H groups in total. The number of rotatable bonds is 6. The molecule has 1 atom stereocenters. The van der Waals surface area contributed by atoms with E-state index in [2.05, 4.69) is 23.1 Å². The molecule has 30 heavy (non-hydrogen) atoms. The molecule has 6 heteroatoms. The number of amides is 1. The van der Waals surface area contributed by atoms with Crippen molar-refractivity contribution in [1.82, 2.24) is 4.90 Å². The Bertz CT molecular complexity index is 837. The third-order valence-corrected chi connectivity index (χ3v) is 6.99. The van der Waals surface area contributed by atoms with Crippen molar-refractivity contribution in [2.75, 3.05) is 50.5 Å². The van der Waals surface area contributed by atoms with Gasteiger partial charge in [0.1, 0.15) is 5.75 Å². The van der Waals surface area contributed by atoms with Crippen LogP contribution in [0.4, 0.5) is 5.69 Å². The average molecular weight is 427 g/mol. The Morgan fingerprint density at radius 3 is 2.67 bits per heavy atom. The van der Waals surface area contributed by atoms with E-state index in [0.717, 1.165) is 74.0 Å². The molecule has 2 aromatic carbocycles. The average Bonchev–Trinajstić information content (AvgIpc) is 3.20. The fourth-order valence-electron chi connectivity index (χ4n) is 4.07. The number of carbonyl (C=O) groups is 1. The molecule has 0 aromatic heterocycles. The maximum atomic E-state index is 13.3. The van der Waals surface area contributed by atoms with Crippen molar-refractivity contribution in [3.63, 3.8) is 0 Å². The number of ether oxygens (including phenoxy) is 2. The predicted octanol–water partition coefficient (Wildman–Crippen LogP) is 4.32. The highest BCUT2D eigenvalue weighted by atomic mass is 32.2. The van der Waals surface area contributed by atoms with E-state index in [-0.39, 0.29) is 5.91 Å². The molecule has 0 bridgehead atoms. The Kier molecular flexibility index (Phi) is 7.18. The molecule has 2 aliphatic heterocycles. The van der Waals surface area contributed by atoms with Crippen molar-refractivity contribution in [2.45, 2.75) is 30.3 Å².